The molecule has 1 unspecified atom stereocenters. The van der Waals surface area contributed by atoms with Crippen LogP contribution in [0.15, 0.2) is 85.3 Å². The number of hydrogen-bond acceptors (Lipinski definition) is 11. The Bertz CT molecular complexity index is 1770. The third-order valence-electron chi connectivity index (χ3n) is 7.54. The minimum absolute atomic E-state index is 0.0535. The van der Waals surface area contributed by atoms with Crippen molar-refractivity contribution in [2.75, 3.05) is 45.3 Å². The molecule has 0 aliphatic carbocycles. The molecule has 3 heterocycles. The highest BCUT2D eigenvalue weighted by molar-refractivity contribution is 7.89. The largest absolute Gasteiger partial charge is 0.502 e. The molecule has 2 aromatic heterocycles. The van der Waals surface area contributed by atoms with Crippen LogP contribution >= 0.6 is 0 Å². The van der Waals surface area contributed by atoms with Gasteiger partial charge in [-0.05, 0) is 60.7 Å². The fraction of sp³-hybridized carbons (Fsp3) is 0.290. The monoisotopic (exact) mass is 623 g/mol. The Morgan fingerprint density at radius 2 is 1.66 bits per heavy atom. The lowest BCUT2D eigenvalue weighted by Gasteiger charge is -2.35. The quantitative estimate of drug-likeness (QED) is 0.249. The van der Waals surface area contributed by atoms with Crippen molar-refractivity contribution in [1.82, 2.24) is 4.90 Å². The Balaban J connectivity index is 1.37. The van der Waals surface area contributed by atoms with E-state index in [2.05, 4.69) is 9.80 Å². The van der Waals surface area contributed by atoms with E-state index in [-0.39, 0.29) is 22.8 Å². The molecule has 232 valence electrons. The normalized spacial score (nSPS) is 14.8. The molecule has 0 saturated carbocycles. The van der Waals surface area contributed by atoms with Crippen molar-refractivity contribution in [3.8, 4) is 22.8 Å². The zero-order valence-corrected chi connectivity index (χ0v) is 25.1. The average Bonchev–Trinajstić information content (AvgIpc) is 3.52. The van der Waals surface area contributed by atoms with Gasteiger partial charge < -0.3 is 28.3 Å². The Hall–Kier alpha value is -4.59. The number of rotatable bonds is 10. The Morgan fingerprint density at radius 1 is 0.977 bits per heavy atom. The summed E-state index contributed by atoms with van der Waals surface area (Å²) < 4.78 is 45.4. The molecule has 0 bridgehead atoms. The number of methoxy groups -OCH3 is 2. The van der Waals surface area contributed by atoms with E-state index in [1.807, 2.05) is 24.3 Å². The Morgan fingerprint density at radius 3 is 2.27 bits per heavy atom. The number of aromatic hydroxyl groups is 1. The van der Waals surface area contributed by atoms with Crippen LogP contribution in [0.4, 0.5) is 5.69 Å². The van der Waals surface area contributed by atoms with Gasteiger partial charge >= 0.3 is 5.97 Å². The van der Waals surface area contributed by atoms with Crippen molar-refractivity contribution >= 4 is 21.7 Å². The summed E-state index contributed by atoms with van der Waals surface area (Å²) in [4.78, 5) is 29.6. The first-order valence-electron chi connectivity index (χ1n) is 13.8. The van der Waals surface area contributed by atoms with E-state index in [0.29, 0.717) is 36.7 Å². The van der Waals surface area contributed by atoms with Gasteiger partial charge in [-0.15, -0.1) is 0 Å². The second-order valence-electron chi connectivity index (χ2n) is 10.4. The van der Waals surface area contributed by atoms with Gasteiger partial charge in [0.05, 0.1) is 38.0 Å². The standard InChI is InChI=1S/C31H33N3O9S/c1-40-22-7-5-21(6-8-22)34-15-13-33(14-16-34)19-23-17-26(35)30(37)31(42-23)25(18-29(36)41-2)28-12-11-27(43-28)20-3-9-24(10-4-20)44(32,38)39/h3-12,17,25,37H,13-16,18-19H2,1-2H3,(H2,32,38,39). The summed E-state index contributed by atoms with van der Waals surface area (Å²) in [6.07, 6.45) is -0.270. The molecule has 1 fully saturated rings. The summed E-state index contributed by atoms with van der Waals surface area (Å²) in [5.74, 6) is -0.579. The van der Waals surface area contributed by atoms with Gasteiger partial charge in [0.25, 0.3) is 0 Å². The summed E-state index contributed by atoms with van der Waals surface area (Å²) in [5, 5.41) is 16.0. The smallest absolute Gasteiger partial charge is 0.306 e. The molecular weight excluding hydrogens is 590 g/mol. The molecule has 4 aromatic rings. The summed E-state index contributed by atoms with van der Waals surface area (Å²) in [6, 6.07) is 18.1. The number of benzene rings is 2. The van der Waals surface area contributed by atoms with Crippen molar-refractivity contribution < 1.29 is 36.6 Å². The van der Waals surface area contributed by atoms with Crippen LogP contribution in [-0.2, 0) is 26.1 Å². The van der Waals surface area contributed by atoms with E-state index >= 15 is 0 Å². The number of sulfonamides is 1. The predicted octanol–water partition coefficient (Wildman–Crippen LogP) is 3.28. The third kappa shape index (κ3) is 6.96. The number of primary sulfonamides is 1. The van der Waals surface area contributed by atoms with E-state index < -0.39 is 33.1 Å². The van der Waals surface area contributed by atoms with Crippen molar-refractivity contribution in [3.05, 3.63) is 94.2 Å². The van der Waals surface area contributed by atoms with Crippen LogP contribution < -0.4 is 20.2 Å². The molecule has 2 aromatic carbocycles. The van der Waals surface area contributed by atoms with Crippen LogP contribution in [0.1, 0.15) is 29.6 Å². The molecule has 0 radical (unpaired) electrons. The van der Waals surface area contributed by atoms with Crippen molar-refractivity contribution in [3.63, 3.8) is 0 Å². The van der Waals surface area contributed by atoms with E-state index in [1.165, 1.54) is 37.4 Å². The van der Waals surface area contributed by atoms with Gasteiger partial charge in [-0.3, -0.25) is 14.5 Å². The van der Waals surface area contributed by atoms with Gasteiger partial charge in [0.15, 0.2) is 5.76 Å². The first kappa shape index (κ1) is 30.9. The van der Waals surface area contributed by atoms with Crippen molar-refractivity contribution in [2.24, 2.45) is 5.14 Å². The van der Waals surface area contributed by atoms with Gasteiger partial charge in [-0.25, -0.2) is 13.6 Å². The molecule has 44 heavy (non-hydrogen) atoms. The number of nitrogens with two attached hydrogens (primary N) is 1. The molecule has 5 rings (SSSR count). The molecule has 0 spiro atoms. The van der Waals surface area contributed by atoms with E-state index in [4.69, 9.17) is 23.4 Å². The maximum Gasteiger partial charge on any atom is 0.306 e. The predicted molar refractivity (Wildman–Crippen MR) is 161 cm³/mol. The summed E-state index contributed by atoms with van der Waals surface area (Å²) in [6.45, 7) is 3.27. The highest BCUT2D eigenvalue weighted by atomic mass is 32.2. The summed E-state index contributed by atoms with van der Waals surface area (Å²) in [7, 11) is -1.00. The topological polar surface area (TPSA) is 166 Å². The van der Waals surface area contributed by atoms with E-state index in [0.717, 1.165) is 24.5 Å². The number of carbonyl (C=O) groups excluding carboxylic acids is 1. The fourth-order valence-corrected chi connectivity index (χ4v) is 5.64. The van der Waals surface area contributed by atoms with Crippen molar-refractivity contribution in [2.45, 2.75) is 23.8 Å². The minimum atomic E-state index is -3.87. The number of ether oxygens (including phenoxy) is 2. The molecule has 12 nitrogen and oxygen atoms in total. The number of nitrogens with zero attached hydrogens (tertiary/aromatic N) is 2. The molecule has 1 aliphatic rings. The molecule has 1 saturated heterocycles. The average molecular weight is 624 g/mol. The van der Waals surface area contributed by atoms with Crippen LogP contribution in [-0.4, -0.2) is 64.8 Å². The van der Waals surface area contributed by atoms with Gasteiger partial charge in [-0.1, -0.05) is 0 Å². The van der Waals surface area contributed by atoms with Gasteiger partial charge in [0.1, 0.15) is 23.0 Å². The number of carbonyl (C=O) groups is 1. The fourth-order valence-electron chi connectivity index (χ4n) is 5.12. The highest BCUT2D eigenvalue weighted by Crippen LogP contribution is 2.36. The molecular formula is C31H33N3O9S. The second kappa shape index (κ2) is 13.0. The van der Waals surface area contributed by atoms with Crippen LogP contribution in [0.3, 0.4) is 0 Å². The lowest BCUT2D eigenvalue weighted by Crippen LogP contribution is -2.46. The zero-order valence-electron chi connectivity index (χ0n) is 24.3. The SMILES string of the molecule is COC(=O)CC(c1ccc(-c2ccc(S(N)(=O)=O)cc2)o1)c1oc(CN2CCN(c3ccc(OC)cc3)CC2)cc(=O)c1O. The number of piperazine rings is 1. The first-order valence-corrected chi connectivity index (χ1v) is 15.4. The summed E-state index contributed by atoms with van der Waals surface area (Å²) >= 11 is 0. The third-order valence-corrected chi connectivity index (χ3v) is 8.47. The van der Waals surface area contributed by atoms with Gasteiger partial charge in [-0.2, -0.15) is 0 Å². The van der Waals surface area contributed by atoms with E-state index in [9.17, 15) is 23.1 Å². The first-order chi connectivity index (χ1) is 21.0. The molecule has 1 atom stereocenters. The van der Waals surface area contributed by atoms with Crippen LogP contribution in [0.5, 0.6) is 11.5 Å². The summed E-state index contributed by atoms with van der Waals surface area (Å²) in [5.41, 5.74) is 1.000. The molecule has 0 amide bonds. The maximum atomic E-state index is 12.9. The van der Waals surface area contributed by atoms with Crippen LogP contribution in [0, 0.1) is 0 Å². The minimum Gasteiger partial charge on any atom is -0.502 e. The number of furan rings is 1. The van der Waals surface area contributed by atoms with Crippen LogP contribution in [0.2, 0.25) is 0 Å². The Labute approximate surface area is 254 Å². The van der Waals surface area contributed by atoms with Crippen LogP contribution in [0.25, 0.3) is 11.3 Å². The molecule has 1 aliphatic heterocycles. The lowest BCUT2D eigenvalue weighted by molar-refractivity contribution is -0.141. The maximum absolute atomic E-state index is 12.9. The number of hydrogen-bond donors (Lipinski definition) is 2. The van der Waals surface area contributed by atoms with Crippen molar-refractivity contribution in [1.29, 1.82) is 0 Å². The lowest BCUT2D eigenvalue weighted by atomic mass is 9.98. The number of esters is 1. The van der Waals surface area contributed by atoms with Gasteiger partial charge in [0, 0.05) is 43.5 Å². The highest BCUT2D eigenvalue weighted by Gasteiger charge is 2.30. The molecule has 13 heteroatoms. The Kier molecular flexibility index (Phi) is 9.09. The van der Waals surface area contributed by atoms with Gasteiger partial charge in [0.2, 0.25) is 21.2 Å². The molecule has 3 N–H and O–H groups in total. The van der Waals surface area contributed by atoms with E-state index in [1.54, 1.807) is 19.2 Å². The second-order valence-corrected chi connectivity index (χ2v) is 11.9. The zero-order chi connectivity index (χ0) is 31.4. The number of anilines is 1.